The van der Waals surface area contributed by atoms with Crippen molar-refractivity contribution in [3.63, 3.8) is 0 Å². The number of hydrogen-bond acceptors (Lipinski definition) is 2. The summed E-state index contributed by atoms with van der Waals surface area (Å²) in [6.07, 6.45) is 2.55. The van der Waals surface area contributed by atoms with Crippen molar-refractivity contribution in [1.82, 2.24) is 10.2 Å². The van der Waals surface area contributed by atoms with E-state index in [4.69, 9.17) is 0 Å². The van der Waals surface area contributed by atoms with Gasteiger partial charge in [0.05, 0.1) is 0 Å². The number of benzene rings is 1. The van der Waals surface area contributed by atoms with E-state index in [1.165, 1.54) is 38.0 Å². The normalized spacial score (nSPS) is 22.2. The van der Waals surface area contributed by atoms with Gasteiger partial charge in [-0.2, -0.15) is 0 Å². The van der Waals surface area contributed by atoms with Crippen LogP contribution in [-0.4, -0.2) is 31.1 Å². The molecule has 1 N–H and O–H groups in total. The zero-order chi connectivity index (χ0) is 12.8. The van der Waals surface area contributed by atoms with Gasteiger partial charge in [-0.1, -0.05) is 44.2 Å². The van der Waals surface area contributed by atoms with E-state index >= 15 is 0 Å². The molecule has 2 nitrogen and oxygen atoms in total. The van der Waals surface area contributed by atoms with Crippen molar-refractivity contribution in [1.29, 1.82) is 0 Å². The van der Waals surface area contributed by atoms with E-state index in [2.05, 4.69) is 54.4 Å². The number of likely N-dealkylation sites (tertiary alicyclic amines) is 1. The molecule has 18 heavy (non-hydrogen) atoms. The van der Waals surface area contributed by atoms with Crippen LogP contribution in [-0.2, 0) is 0 Å². The third-order valence-corrected chi connectivity index (χ3v) is 4.01. The van der Waals surface area contributed by atoms with E-state index in [0.29, 0.717) is 6.04 Å². The maximum Gasteiger partial charge on any atom is 0.0345 e. The molecule has 0 spiro atoms. The summed E-state index contributed by atoms with van der Waals surface area (Å²) in [5.41, 5.74) is 1.48. The van der Waals surface area contributed by atoms with Crippen molar-refractivity contribution >= 4 is 0 Å². The molecule has 1 aromatic rings. The number of rotatable bonds is 6. The minimum atomic E-state index is 0.609. The molecule has 100 valence electrons. The molecule has 2 atom stereocenters. The lowest BCUT2D eigenvalue weighted by molar-refractivity contribution is 0.230. The molecule has 1 heterocycles. The van der Waals surface area contributed by atoms with Crippen LogP contribution in [0.25, 0.3) is 0 Å². The van der Waals surface area contributed by atoms with Gasteiger partial charge in [-0.15, -0.1) is 0 Å². The molecule has 1 saturated heterocycles. The van der Waals surface area contributed by atoms with E-state index in [1.807, 2.05) is 0 Å². The lowest BCUT2D eigenvalue weighted by Crippen LogP contribution is -2.29. The second-order valence-corrected chi connectivity index (χ2v) is 5.29. The molecule has 0 amide bonds. The van der Waals surface area contributed by atoms with Gasteiger partial charge in [0.1, 0.15) is 0 Å². The third kappa shape index (κ3) is 3.33. The summed E-state index contributed by atoms with van der Waals surface area (Å²) < 4.78 is 0. The van der Waals surface area contributed by atoms with Crippen molar-refractivity contribution in [3.8, 4) is 0 Å². The first-order chi connectivity index (χ1) is 8.85. The summed E-state index contributed by atoms with van der Waals surface area (Å²) in [5.74, 6) is 0.836. The van der Waals surface area contributed by atoms with Crippen LogP contribution >= 0.6 is 0 Å². The van der Waals surface area contributed by atoms with Gasteiger partial charge in [-0.3, -0.25) is 4.90 Å². The lowest BCUT2D eigenvalue weighted by Gasteiger charge is -2.27. The molecule has 1 fully saturated rings. The van der Waals surface area contributed by atoms with Crippen LogP contribution < -0.4 is 5.32 Å². The molecule has 1 aliphatic rings. The van der Waals surface area contributed by atoms with Crippen molar-refractivity contribution in [2.24, 2.45) is 5.92 Å². The Balaban J connectivity index is 1.94. The predicted octanol–water partition coefficient (Wildman–Crippen LogP) is 3.07. The van der Waals surface area contributed by atoms with E-state index in [0.717, 1.165) is 12.5 Å². The number of nitrogens with one attached hydrogen (secondary N) is 1. The van der Waals surface area contributed by atoms with Crippen molar-refractivity contribution in [3.05, 3.63) is 35.9 Å². The molecular formula is C16H26N2. The first-order valence-corrected chi connectivity index (χ1v) is 7.34. The summed E-state index contributed by atoms with van der Waals surface area (Å²) >= 11 is 0. The molecule has 0 saturated carbocycles. The fourth-order valence-corrected chi connectivity index (χ4v) is 3.04. The molecule has 0 bridgehead atoms. The van der Waals surface area contributed by atoms with Crippen molar-refractivity contribution < 1.29 is 0 Å². The first-order valence-electron chi connectivity index (χ1n) is 7.34. The fourth-order valence-electron chi connectivity index (χ4n) is 3.04. The van der Waals surface area contributed by atoms with Gasteiger partial charge < -0.3 is 5.32 Å². The summed E-state index contributed by atoms with van der Waals surface area (Å²) in [4.78, 5) is 2.66. The second kappa shape index (κ2) is 6.91. The van der Waals surface area contributed by atoms with Gasteiger partial charge in [0.25, 0.3) is 0 Å². The highest BCUT2D eigenvalue weighted by atomic mass is 15.2. The highest BCUT2D eigenvalue weighted by Crippen LogP contribution is 2.29. The Hall–Kier alpha value is -0.860. The molecule has 0 aliphatic carbocycles. The molecule has 2 rings (SSSR count). The van der Waals surface area contributed by atoms with Gasteiger partial charge in [-0.25, -0.2) is 0 Å². The monoisotopic (exact) mass is 246 g/mol. The zero-order valence-electron chi connectivity index (χ0n) is 11.7. The zero-order valence-corrected chi connectivity index (χ0v) is 11.7. The van der Waals surface area contributed by atoms with E-state index < -0.39 is 0 Å². The highest BCUT2D eigenvalue weighted by molar-refractivity contribution is 5.19. The largest absolute Gasteiger partial charge is 0.317 e. The van der Waals surface area contributed by atoms with Crippen LogP contribution in [0.5, 0.6) is 0 Å². The Labute approximate surface area is 111 Å². The van der Waals surface area contributed by atoms with Crippen LogP contribution in [0.2, 0.25) is 0 Å². The minimum absolute atomic E-state index is 0.609. The van der Waals surface area contributed by atoms with Gasteiger partial charge in [-0.05, 0) is 44.0 Å². The maximum absolute atomic E-state index is 3.48. The molecule has 1 aliphatic heterocycles. The van der Waals surface area contributed by atoms with Gasteiger partial charge >= 0.3 is 0 Å². The predicted molar refractivity (Wildman–Crippen MR) is 77.7 cm³/mol. The van der Waals surface area contributed by atoms with Crippen LogP contribution in [0, 0.1) is 5.92 Å². The molecular weight excluding hydrogens is 220 g/mol. The first kappa shape index (κ1) is 13.6. The van der Waals surface area contributed by atoms with Crippen LogP contribution in [0.1, 0.15) is 38.3 Å². The average Bonchev–Trinajstić information content (AvgIpc) is 2.87. The Bertz CT molecular complexity index is 336. The smallest absolute Gasteiger partial charge is 0.0345 e. The number of hydrogen-bond donors (Lipinski definition) is 1. The van der Waals surface area contributed by atoms with Crippen molar-refractivity contribution in [2.75, 3.05) is 26.2 Å². The average molecular weight is 246 g/mol. The minimum Gasteiger partial charge on any atom is -0.317 e. The maximum atomic E-state index is 3.48. The quantitative estimate of drug-likeness (QED) is 0.830. The molecule has 0 aromatic heterocycles. The van der Waals surface area contributed by atoms with Gasteiger partial charge in [0.15, 0.2) is 0 Å². The standard InChI is InChI=1S/C16H26N2/c1-3-16(15-8-6-5-7-9-15)18-11-10-14(13-18)12-17-4-2/h5-9,14,16-17H,3-4,10-13H2,1-2H3. The van der Waals surface area contributed by atoms with Crippen LogP contribution in [0.3, 0.4) is 0 Å². The summed E-state index contributed by atoms with van der Waals surface area (Å²) in [6, 6.07) is 11.6. The van der Waals surface area contributed by atoms with Gasteiger partial charge in [0.2, 0.25) is 0 Å². The summed E-state index contributed by atoms with van der Waals surface area (Å²) in [5, 5.41) is 3.48. The molecule has 2 heteroatoms. The van der Waals surface area contributed by atoms with Gasteiger partial charge in [0, 0.05) is 12.6 Å². The molecule has 2 unspecified atom stereocenters. The molecule has 1 aromatic carbocycles. The Morgan fingerprint density at radius 3 is 2.72 bits per heavy atom. The Kier molecular flexibility index (Phi) is 5.21. The topological polar surface area (TPSA) is 15.3 Å². The van der Waals surface area contributed by atoms with E-state index in [9.17, 15) is 0 Å². The van der Waals surface area contributed by atoms with Crippen LogP contribution in [0.15, 0.2) is 30.3 Å². The lowest BCUT2D eigenvalue weighted by atomic mass is 10.0. The Morgan fingerprint density at radius 1 is 1.28 bits per heavy atom. The summed E-state index contributed by atoms with van der Waals surface area (Å²) in [7, 11) is 0. The second-order valence-electron chi connectivity index (χ2n) is 5.29. The number of nitrogens with zero attached hydrogens (tertiary/aromatic N) is 1. The van der Waals surface area contributed by atoms with E-state index in [-0.39, 0.29) is 0 Å². The third-order valence-electron chi connectivity index (χ3n) is 4.01. The summed E-state index contributed by atoms with van der Waals surface area (Å²) in [6.45, 7) is 9.26. The van der Waals surface area contributed by atoms with Crippen LogP contribution in [0.4, 0.5) is 0 Å². The SMILES string of the molecule is CCNCC1CCN(C(CC)c2ccccc2)C1. The Morgan fingerprint density at radius 2 is 2.06 bits per heavy atom. The fraction of sp³-hybridized carbons (Fsp3) is 0.625. The molecule has 0 radical (unpaired) electrons. The highest BCUT2D eigenvalue weighted by Gasteiger charge is 2.27. The van der Waals surface area contributed by atoms with E-state index in [1.54, 1.807) is 0 Å². The van der Waals surface area contributed by atoms with Crippen molar-refractivity contribution in [2.45, 2.75) is 32.7 Å².